The summed E-state index contributed by atoms with van der Waals surface area (Å²) in [5, 5.41) is 17.7. The second-order valence-electron chi connectivity index (χ2n) is 7.26. The van der Waals surface area contributed by atoms with Gasteiger partial charge < -0.3 is 14.5 Å². The summed E-state index contributed by atoms with van der Waals surface area (Å²) in [6, 6.07) is 0. The van der Waals surface area contributed by atoms with E-state index in [9.17, 15) is 0 Å². The van der Waals surface area contributed by atoms with E-state index in [1.54, 1.807) is 6.08 Å². The molecule has 0 saturated carbocycles. The summed E-state index contributed by atoms with van der Waals surface area (Å²) in [7, 11) is -3.06. The standard InChI is InChI=1S/C13H29BO3Si/c1-12(2,3)18(6,7)17-11-13(4,5)9-8-10-14(15)16/h8,10,15-16H,9,11H2,1-7H3. The molecule has 3 nitrogen and oxygen atoms in total. The normalized spacial score (nSPS) is 14.3. The van der Waals surface area contributed by atoms with Crippen molar-refractivity contribution in [3.05, 3.63) is 12.1 Å². The van der Waals surface area contributed by atoms with Gasteiger partial charge in [0.2, 0.25) is 0 Å². The predicted octanol–water partition coefficient (Wildman–Crippen LogP) is 2.99. The van der Waals surface area contributed by atoms with Crippen molar-refractivity contribution in [2.75, 3.05) is 6.61 Å². The minimum absolute atomic E-state index is 0.0148. The van der Waals surface area contributed by atoms with Crippen LogP contribution in [0.5, 0.6) is 0 Å². The smallest absolute Gasteiger partial charge is 0.424 e. The maximum absolute atomic E-state index is 8.76. The molecule has 2 N–H and O–H groups in total. The number of allylic oxidation sites excluding steroid dienone is 1. The summed E-state index contributed by atoms with van der Waals surface area (Å²) in [4.78, 5) is 0. The van der Waals surface area contributed by atoms with Gasteiger partial charge in [-0.3, -0.25) is 0 Å². The Morgan fingerprint density at radius 3 is 2.00 bits per heavy atom. The minimum Gasteiger partial charge on any atom is -0.424 e. The van der Waals surface area contributed by atoms with E-state index >= 15 is 0 Å². The van der Waals surface area contributed by atoms with E-state index in [4.69, 9.17) is 14.5 Å². The third kappa shape index (κ3) is 6.73. The van der Waals surface area contributed by atoms with Gasteiger partial charge >= 0.3 is 7.12 Å². The molecule has 106 valence electrons. The molecule has 0 aromatic carbocycles. The van der Waals surface area contributed by atoms with Gasteiger partial charge in [-0.05, 0) is 30.0 Å². The number of hydrogen-bond donors (Lipinski definition) is 2. The van der Waals surface area contributed by atoms with Crippen LogP contribution in [-0.4, -0.2) is 32.1 Å². The first-order valence-electron chi connectivity index (χ1n) is 6.54. The highest BCUT2D eigenvalue weighted by atomic mass is 28.4. The summed E-state index contributed by atoms with van der Waals surface area (Å²) in [5.41, 5.74) is 0.0148. The van der Waals surface area contributed by atoms with Crippen molar-refractivity contribution >= 4 is 15.4 Å². The average Bonchev–Trinajstić information content (AvgIpc) is 2.12. The molecule has 0 rings (SSSR count). The summed E-state index contributed by atoms with van der Waals surface area (Å²) in [6.07, 6.45) is 2.58. The number of rotatable bonds is 6. The molecule has 5 heteroatoms. The third-order valence-electron chi connectivity index (χ3n) is 3.61. The van der Waals surface area contributed by atoms with Gasteiger partial charge in [0.25, 0.3) is 0 Å². The van der Waals surface area contributed by atoms with E-state index < -0.39 is 15.4 Å². The van der Waals surface area contributed by atoms with Gasteiger partial charge in [0.1, 0.15) is 0 Å². The van der Waals surface area contributed by atoms with Crippen LogP contribution in [0.2, 0.25) is 18.1 Å². The molecule has 0 aliphatic heterocycles. The van der Waals surface area contributed by atoms with Crippen LogP contribution in [0.3, 0.4) is 0 Å². The lowest BCUT2D eigenvalue weighted by Gasteiger charge is -2.38. The van der Waals surface area contributed by atoms with E-state index in [2.05, 4.69) is 47.7 Å². The second kappa shape index (κ2) is 6.37. The van der Waals surface area contributed by atoms with Crippen LogP contribution >= 0.6 is 0 Å². The highest BCUT2D eigenvalue weighted by Gasteiger charge is 2.38. The second-order valence-corrected chi connectivity index (χ2v) is 12.1. The van der Waals surface area contributed by atoms with Crippen LogP contribution < -0.4 is 0 Å². The zero-order valence-electron chi connectivity index (χ0n) is 12.9. The van der Waals surface area contributed by atoms with E-state index in [-0.39, 0.29) is 10.5 Å². The zero-order chi connectivity index (χ0) is 14.6. The first kappa shape index (κ1) is 17.9. The summed E-state index contributed by atoms with van der Waals surface area (Å²) >= 11 is 0. The van der Waals surface area contributed by atoms with Gasteiger partial charge in [0.15, 0.2) is 8.32 Å². The summed E-state index contributed by atoms with van der Waals surface area (Å²) in [5.74, 6) is 1.40. The molecule has 0 aliphatic rings. The van der Waals surface area contributed by atoms with E-state index in [0.29, 0.717) is 6.61 Å². The van der Waals surface area contributed by atoms with Gasteiger partial charge in [-0.1, -0.05) is 46.7 Å². The molecular weight excluding hydrogens is 243 g/mol. The lowest BCUT2D eigenvalue weighted by atomic mass is 9.86. The average molecular weight is 272 g/mol. The van der Waals surface area contributed by atoms with Crippen molar-refractivity contribution in [1.82, 2.24) is 0 Å². The van der Waals surface area contributed by atoms with Crippen molar-refractivity contribution in [3.63, 3.8) is 0 Å². The van der Waals surface area contributed by atoms with Gasteiger partial charge in [-0.25, -0.2) is 0 Å². The predicted molar refractivity (Wildman–Crippen MR) is 80.9 cm³/mol. The Balaban J connectivity index is 4.35. The Hall–Kier alpha value is -0.0982. The first-order valence-corrected chi connectivity index (χ1v) is 9.45. The minimum atomic E-state index is -1.70. The Morgan fingerprint density at radius 2 is 1.61 bits per heavy atom. The lowest BCUT2D eigenvalue weighted by molar-refractivity contribution is 0.167. The molecule has 0 unspecified atom stereocenters. The molecule has 0 saturated heterocycles. The Labute approximate surface area is 114 Å². The van der Waals surface area contributed by atoms with Crippen LogP contribution in [0.25, 0.3) is 0 Å². The monoisotopic (exact) mass is 272 g/mol. The van der Waals surface area contributed by atoms with Crippen molar-refractivity contribution in [1.29, 1.82) is 0 Å². The highest BCUT2D eigenvalue weighted by Crippen LogP contribution is 2.38. The molecule has 0 heterocycles. The van der Waals surface area contributed by atoms with Crippen LogP contribution in [0.4, 0.5) is 0 Å². The van der Waals surface area contributed by atoms with Crippen molar-refractivity contribution in [2.24, 2.45) is 5.41 Å². The quantitative estimate of drug-likeness (QED) is 0.731. The van der Waals surface area contributed by atoms with Crippen LogP contribution in [-0.2, 0) is 4.43 Å². The molecule has 0 radical (unpaired) electrons. The Bertz CT molecular complexity index is 280. The summed E-state index contributed by atoms with van der Waals surface area (Å²) < 4.78 is 6.20. The van der Waals surface area contributed by atoms with Crippen molar-refractivity contribution < 1.29 is 14.5 Å². The van der Waals surface area contributed by atoms with Crippen molar-refractivity contribution in [2.45, 2.75) is 59.2 Å². The largest absolute Gasteiger partial charge is 0.480 e. The molecule has 0 spiro atoms. The SMILES string of the molecule is CC(C)(CC=CB(O)O)CO[Si](C)(C)C(C)(C)C. The molecule has 0 amide bonds. The highest BCUT2D eigenvalue weighted by molar-refractivity contribution is 6.74. The Kier molecular flexibility index (Phi) is 6.34. The Morgan fingerprint density at radius 1 is 1.11 bits per heavy atom. The maximum atomic E-state index is 8.76. The molecule has 0 atom stereocenters. The van der Waals surface area contributed by atoms with Crippen LogP contribution in [0.1, 0.15) is 41.0 Å². The molecular formula is C13H29BO3Si. The molecule has 18 heavy (non-hydrogen) atoms. The fourth-order valence-electron chi connectivity index (χ4n) is 1.16. The van der Waals surface area contributed by atoms with Gasteiger partial charge in [0.05, 0.1) is 0 Å². The number of hydrogen-bond acceptors (Lipinski definition) is 3. The fraction of sp³-hybridized carbons (Fsp3) is 0.846. The van der Waals surface area contributed by atoms with Crippen molar-refractivity contribution in [3.8, 4) is 0 Å². The molecule has 0 bridgehead atoms. The maximum Gasteiger partial charge on any atom is 0.480 e. The lowest BCUT2D eigenvalue weighted by Crippen LogP contribution is -2.43. The van der Waals surface area contributed by atoms with Crippen LogP contribution in [0, 0.1) is 5.41 Å². The van der Waals surface area contributed by atoms with Gasteiger partial charge in [-0.15, -0.1) is 0 Å². The molecule has 0 aliphatic carbocycles. The molecule has 0 aromatic heterocycles. The van der Waals surface area contributed by atoms with E-state index in [1.165, 1.54) is 5.98 Å². The van der Waals surface area contributed by atoms with Crippen LogP contribution in [0.15, 0.2) is 12.1 Å². The van der Waals surface area contributed by atoms with E-state index in [1.807, 2.05) is 0 Å². The molecule has 0 aromatic rings. The summed E-state index contributed by atoms with van der Waals surface area (Å²) in [6.45, 7) is 16.2. The zero-order valence-corrected chi connectivity index (χ0v) is 13.9. The topological polar surface area (TPSA) is 49.7 Å². The molecule has 0 fully saturated rings. The van der Waals surface area contributed by atoms with Gasteiger partial charge in [0, 0.05) is 6.61 Å². The third-order valence-corrected chi connectivity index (χ3v) is 8.09. The van der Waals surface area contributed by atoms with E-state index in [0.717, 1.165) is 6.42 Å². The van der Waals surface area contributed by atoms with Gasteiger partial charge in [-0.2, -0.15) is 0 Å². The fourth-order valence-corrected chi connectivity index (χ4v) is 2.34. The first-order chi connectivity index (χ1) is 7.87.